The van der Waals surface area contributed by atoms with Crippen LogP contribution in [0.3, 0.4) is 0 Å². The number of rotatable bonds is 2. The van der Waals surface area contributed by atoms with Gasteiger partial charge in [0.2, 0.25) is 0 Å². The Morgan fingerprint density at radius 2 is 2.36 bits per heavy atom. The summed E-state index contributed by atoms with van der Waals surface area (Å²) in [4.78, 5) is 10.8. The highest BCUT2D eigenvalue weighted by atomic mass is 16.4. The van der Waals surface area contributed by atoms with E-state index in [4.69, 9.17) is 5.11 Å². The van der Waals surface area contributed by atoms with Crippen molar-refractivity contribution in [2.45, 2.75) is 31.7 Å². The first-order chi connectivity index (χ1) is 5.10. The van der Waals surface area contributed by atoms with Gasteiger partial charge in [-0.05, 0) is 32.2 Å². The smallest absolute Gasteiger partial charge is 0.323 e. The minimum atomic E-state index is -0.704. The lowest BCUT2D eigenvalue weighted by atomic mass is 9.97. The van der Waals surface area contributed by atoms with E-state index in [2.05, 4.69) is 12.2 Å². The molecule has 0 aromatic heterocycles. The molecule has 0 bridgehead atoms. The number of carboxylic acids is 1. The Morgan fingerprint density at radius 3 is 2.55 bits per heavy atom. The van der Waals surface area contributed by atoms with E-state index in [1.54, 1.807) is 7.05 Å². The summed E-state index contributed by atoms with van der Waals surface area (Å²) in [7, 11) is 1.73. The second-order valence-corrected chi connectivity index (χ2v) is 3.49. The van der Waals surface area contributed by atoms with Crippen LogP contribution in [-0.4, -0.2) is 23.7 Å². The lowest BCUT2D eigenvalue weighted by Crippen LogP contribution is -2.48. The molecule has 0 radical (unpaired) electrons. The fourth-order valence-electron chi connectivity index (χ4n) is 1.82. The number of hydrogen-bond donors (Lipinski definition) is 2. The summed E-state index contributed by atoms with van der Waals surface area (Å²) >= 11 is 0. The van der Waals surface area contributed by atoms with Gasteiger partial charge in [0.1, 0.15) is 5.54 Å². The van der Waals surface area contributed by atoms with Gasteiger partial charge < -0.3 is 10.4 Å². The predicted molar refractivity (Wildman–Crippen MR) is 42.4 cm³/mol. The van der Waals surface area contributed by atoms with E-state index in [1.165, 1.54) is 0 Å². The summed E-state index contributed by atoms with van der Waals surface area (Å²) in [5.41, 5.74) is -0.626. The fraction of sp³-hybridized carbons (Fsp3) is 0.875. The second-order valence-electron chi connectivity index (χ2n) is 3.49. The van der Waals surface area contributed by atoms with Crippen molar-refractivity contribution in [1.29, 1.82) is 0 Å². The van der Waals surface area contributed by atoms with E-state index in [0.29, 0.717) is 5.92 Å². The van der Waals surface area contributed by atoms with Gasteiger partial charge in [-0.15, -0.1) is 0 Å². The highest BCUT2D eigenvalue weighted by Crippen LogP contribution is 2.33. The van der Waals surface area contributed by atoms with Crippen LogP contribution in [0.4, 0.5) is 0 Å². The van der Waals surface area contributed by atoms with Crippen molar-refractivity contribution in [3.63, 3.8) is 0 Å². The Balaban J connectivity index is 2.70. The van der Waals surface area contributed by atoms with Gasteiger partial charge in [0, 0.05) is 0 Å². The molecule has 64 valence electrons. The largest absolute Gasteiger partial charge is 0.480 e. The molecule has 2 N–H and O–H groups in total. The molecule has 3 heteroatoms. The quantitative estimate of drug-likeness (QED) is 0.624. The summed E-state index contributed by atoms with van der Waals surface area (Å²) < 4.78 is 0. The first-order valence-corrected chi connectivity index (χ1v) is 4.03. The van der Waals surface area contributed by atoms with Crippen LogP contribution in [0, 0.1) is 5.92 Å². The van der Waals surface area contributed by atoms with Crippen LogP contribution >= 0.6 is 0 Å². The number of carbonyl (C=O) groups is 1. The molecule has 1 aliphatic rings. The molecule has 1 saturated carbocycles. The Morgan fingerprint density at radius 1 is 1.73 bits per heavy atom. The van der Waals surface area contributed by atoms with Gasteiger partial charge in [0.25, 0.3) is 0 Å². The van der Waals surface area contributed by atoms with Crippen LogP contribution in [0.5, 0.6) is 0 Å². The molecule has 0 aliphatic heterocycles. The molecule has 2 unspecified atom stereocenters. The highest BCUT2D eigenvalue weighted by Gasteiger charge is 2.42. The zero-order valence-electron chi connectivity index (χ0n) is 7.05. The zero-order chi connectivity index (χ0) is 8.48. The molecule has 2 atom stereocenters. The maximum absolute atomic E-state index is 10.8. The molecule has 0 amide bonds. The SMILES string of the molecule is CNC1(C(=O)O)CCC(C)C1. The number of likely N-dealkylation sites (N-methyl/N-ethyl adjacent to an activating group) is 1. The number of nitrogens with one attached hydrogen (secondary N) is 1. The van der Waals surface area contributed by atoms with Crippen LogP contribution in [0.1, 0.15) is 26.2 Å². The third-order valence-electron chi connectivity index (χ3n) is 2.65. The van der Waals surface area contributed by atoms with Crippen LogP contribution < -0.4 is 5.32 Å². The van der Waals surface area contributed by atoms with Gasteiger partial charge in [-0.2, -0.15) is 0 Å². The molecule has 11 heavy (non-hydrogen) atoms. The van der Waals surface area contributed by atoms with E-state index in [0.717, 1.165) is 19.3 Å². The number of aliphatic carboxylic acids is 1. The summed E-state index contributed by atoms with van der Waals surface area (Å²) in [6.07, 6.45) is 2.55. The van der Waals surface area contributed by atoms with E-state index < -0.39 is 11.5 Å². The van der Waals surface area contributed by atoms with Gasteiger partial charge in [0.05, 0.1) is 0 Å². The molecule has 3 nitrogen and oxygen atoms in total. The van der Waals surface area contributed by atoms with E-state index in [9.17, 15) is 4.79 Å². The molecular weight excluding hydrogens is 142 g/mol. The Labute approximate surface area is 66.8 Å². The number of carboxylic acid groups (broad SMARTS) is 1. The minimum absolute atomic E-state index is 0.540. The van der Waals surface area contributed by atoms with Crippen LogP contribution in [0.25, 0.3) is 0 Å². The molecular formula is C8H15NO2. The van der Waals surface area contributed by atoms with Crippen molar-refractivity contribution in [3.05, 3.63) is 0 Å². The lowest BCUT2D eigenvalue weighted by Gasteiger charge is -2.22. The fourth-order valence-corrected chi connectivity index (χ4v) is 1.82. The van der Waals surface area contributed by atoms with Crippen molar-refractivity contribution in [2.24, 2.45) is 5.92 Å². The van der Waals surface area contributed by atoms with Crippen molar-refractivity contribution in [2.75, 3.05) is 7.05 Å². The van der Waals surface area contributed by atoms with Crippen LogP contribution in [-0.2, 0) is 4.79 Å². The Kier molecular flexibility index (Phi) is 2.18. The maximum Gasteiger partial charge on any atom is 0.323 e. The molecule has 1 aliphatic carbocycles. The predicted octanol–water partition coefficient (Wildman–Crippen LogP) is 0.849. The van der Waals surface area contributed by atoms with Crippen molar-refractivity contribution in [1.82, 2.24) is 5.32 Å². The standard InChI is InChI=1S/C8H15NO2/c1-6-3-4-8(5-6,9-2)7(10)11/h6,9H,3-5H2,1-2H3,(H,10,11). The summed E-state index contributed by atoms with van der Waals surface area (Å²) in [5, 5.41) is 11.8. The monoisotopic (exact) mass is 157 g/mol. The molecule has 0 spiro atoms. The van der Waals surface area contributed by atoms with Gasteiger partial charge >= 0.3 is 5.97 Å². The van der Waals surface area contributed by atoms with Crippen molar-refractivity contribution >= 4 is 5.97 Å². The number of hydrogen-bond acceptors (Lipinski definition) is 2. The zero-order valence-corrected chi connectivity index (χ0v) is 7.05. The third-order valence-corrected chi connectivity index (χ3v) is 2.65. The average molecular weight is 157 g/mol. The summed E-state index contributed by atoms with van der Waals surface area (Å²) in [5.74, 6) is -0.164. The first kappa shape index (κ1) is 8.53. The van der Waals surface area contributed by atoms with E-state index in [-0.39, 0.29) is 0 Å². The summed E-state index contributed by atoms with van der Waals surface area (Å²) in [6, 6.07) is 0. The van der Waals surface area contributed by atoms with Gasteiger partial charge in [-0.1, -0.05) is 6.92 Å². The molecule has 0 aromatic carbocycles. The van der Waals surface area contributed by atoms with Gasteiger partial charge in [-0.25, -0.2) is 0 Å². The first-order valence-electron chi connectivity index (χ1n) is 4.03. The Bertz CT molecular complexity index is 169. The molecule has 1 rings (SSSR count). The molecule has 0 heterocycles. The van der Waals surface area contributed by atoms with E-state index in [1.807, 2.05) is 0 Å². The van der Waals surface area contributed by atoms with Gasteiger partial charge in [0.15, 0.2) is 0 Å². The van der Waals surface area contributed by atoms with Gasteiger partial charge in [-0.3, -0.25) is 4.79 Å². The third kappa shape index (κ3) is 1.38. The molecule has 0 aromatic rings. The lowest BCUT2D eigenvalue weighted by molar-refractivity contribution is -0.144. The highest BCUT2D eigenvalue weighted by molar-refractivity contribution is 5.79. The van der Waals surface area contributed by atoms with Crippen LogP contribution in [0.15, 0.2) is 0 Å². The molecule has 0 saturated heterocycles. The maximum atomic E-state index is 10.8. The second kappa shape index (κ2) is 2.81. The summed E-state index contributed by atoms with van der Waals surface area (Å²) in [6.45, 7) is 2.10. The average Bonchev–Trinajstić information content (AvgIpc) is 2.33. The van der Waals surface area contributed by atoms with Crippen molar-refractivity contribution in [3.8, 4) is 0 Å². The van der Waals surface area contributed by atoms with Crippen molar-refractivity contribution < 1.29 is 9.90 Å². The minimum Gasteiger partial charge on any atom is -0.480 e. The molecule has 1 fully saturated rings. The van der Waals surface area contributed by atoms with E-state index >= 15 is 0 Å². The van der Waals surface area contributed by atoms with Crippen LogP contribution in [0.2, 0.25) is 0 Å². The Hall–Kier alpha value is -0.570. The topological polar surface area (TPSA) is 49.3 Å². The normalized spacial score (nSPS) is 37.5.